The Morgan fingerprint density at radius 3 is 2.26 bits per heavy atom. The summed E-state index contributed by atoms with van der Waals surface area (Å²) in [5.74, 6) is -0.596. The van der Waals surface area contributed by atoms with Crippen LogP contribution in [0.3, 0.4) is 0 Å². The molecule has 27 heavy (non-hydrogen) atoms. The number of amides is 2. The molecule has 0 aromatic heterocycles. The van der Waals surface area contributed by atoms with E-state index in [9.17, 15) is 9.59 Å². The third-order valence-electron chi connectivity index (χ3n) is 3.71. The summed E-state index contributed by atoms with van der Waals surface area (Å²) in [5, 5.41) is 8.67. The molecular weight excluding hydrogens is 406 g/mol. The van der Waals surface area contributed by atoms with Gasteiger partial charge in [-0.1, -0.05) is 46.3 Å². The summed E-state index contributed by atoms with van der Waals surface area (Å²) in [5.41, 5.74) is 2.96. The fourth-order valence-corrected chi connectivity index (χ4v) is 2.86. The van der Waals surface area contributed by atoms with E-state index in [1.54, 1.807) is 24.3 Å². The van der Waals surface area contributed by atoms with Crippen molar-refractivity contribution in [2.75, 3.05) is 17.2 Å². The number of benzene rings is 3. The maximum absolute atomic E-state index is 12.1. The Bertz CT molecular complexity index is 945. The van der Waals surface area contributed by atoms with E-state index in [4.69, 9.17) is 0 Å². The van der Waals surface area contributed by atoms with Crippen molar-refractivity contribution >= 4 is 44.8 Å². The van der Waals surface area contributed by atoms with Crippen LogP contribution in [0, 0.1) is 0 Å². The Morgan fingerprint density at radius 2 is 1.48 bits per heavy atom. The number of anilines is 3. The summed E-state index contributed by atoms with van der Waals surface area (Å²) >= 11 is 3.32. The highest BCUT2D eigenvalue weighted by molar-refractivity contribution is 9.10. The number of rotatable bonds is 6. The van der Waals surface area contributed by atoms with E-state index in [2.05, 4.69) is 31.9 Å². The zero-order chi connectivity index (χ0) is 19.1. The molecule has 0 radical (unpaired) electrons. The molecule has 0 fully saturated rings. The van der Waals surface area contributed by atoms with Crippen molar-refractivity contribution in [2.45, 2.75) is 0 Å². The molecule has 0 atom stereocenters. The third kappa shape index (κ3) is 5.69. The molecule has 0 aliphatic heterocycles. The molecule has 0 unspecified atom stereocenters. The van der Waals surface area contributed by atoms with Crippen LogP contribution < -0.4 is 16.0 Å². The van der Waals surface area contributed by atoms with E-state index in [1.807, 2.05) is 54.6 Å². The predicted octanol–water partition coefficient (Wildman–Crippen LogP) is 4.56. The fraction of sp³-hybridized carbons (Fsp3) is 0.0476. The number of para-hydroxylation sites is 1. The van der Waals surface area contributed by atoms with Gasteiger partial charge in [0.1, 0.15) is 0 Å². The molecule has 3 rings (SSSR count). The second kappa shape index (κ2) is 9.00. The topological polar surface area (TPSA) is 70.2 Å². The number of carbonyl (C=O) groups excluding carboxylic acids is 2. The molecule has 3 N–H and O–H groups in total. The molecule has 0 saturated heterocycles. The first-order valence-electron chi connectivity index (χ1n) is 8.36. The van der Waals surface area contributed by atoms with Gasteiger partial charge in [-0.15, -0.1) is 0 Å². The Balaban J connectivity index is 1.55. The van der Waals surface area contributed by atoms with Gasteiger partial charge in [-0.05, 0) is 48.5 Å². The maximum Gasteiger partial charge on any atom is 0.251 e. The first kappa shape index (κ1) is 18.7. The van der Waals surface area contributed by atoms with Gasteiger partial charge in [0.25, 0.3) is 5.91 Å². The molecule has 0 saturated carbocycles. The van der Waals surface area contributed by atoms with E-state index in [-0.39, 0.29) is 18.4 Å². The summed E-state index contributed by atoms with van der Waals surface area (Å²) < 4.78 is 0.808. The zero-order valence-electron chi connectivity index (χ0n) is 14.4. The summed E-state index contributed by atoms with van der Waals surface area (Å²) in [7, 11) is 0. The average Bonchev–Trinajstić information content (AvgIpc) is 2.67. The molecular formula is C21H18BrN3O2. The van der Waals surface area contributed by atoms with Crippen molar-refractivity contribution in [3.8, 4) is 0 Å². The van der Waals surface area contributed by atoms with Crippen LogP contribution in [0.15, 0.2) is 83.3 Å². The molecule has 3 aromatic rings. The molecule has 6 heteroatoms. The molecule has 0 bridgehead atoms. The fourth-order valence-electron chi connectivity index (χ4n) is 2.46. The van der Waals surface area contributed by atoms with Crippen LogP contribution in [0.4, 0.5) is 17.1 Å². The SMILES string of the molecule is O=C(CNC(=O)c1cccc(Br)c1)Nc1cccc(Nc2ccccc2)c1. The second-order valence-electron chi connectivity index (χ2n) is 5.81. The van der Waals surface area contributed by atoms with Crippen molar-refractivity contribution in [1.82, 2.24) is 5.32 Å². The van der Waals surface area contributed by atoms with Crippen LogP contribution in [0.25, 0.3) is 0 Å². The van der Waals surface area contributed by atoms with Crippen LogP contribution in [-0.4, -0.2) is 18.4 Å². The van der Waals surface area contributed by atoms with Crippen LogP contribution in [0.2, 0.25) is 0 Å². The maximum atomic E-state index is 12.1. The zero-order valence-corrected chi connectivity index (χ0v) is 16.0. The van der Waals surface area contributed by atoms with Crippen LogP contribution in [0.1, 0.15) is 10.4 Å². The third-order valence-corrected chi connectivity index (χ3v) is 4.20. The smallest absolute Gasteiger partial charge is 0.251 e. The van der Waals surface area contributed by atoms with Crippen molar-refractivity contribution in [3.63, 3.8) is 0 Å². The highest BCUT2D eigenvalue weighted by Gasteiger charge is 2.09. The van der Waals surface area contributed by atoms with E-state index in [0.29, 0.717) is 11.3 Å². The number of carbonyl (C=O) groups is 2. The molecule has 0 heterocycles. The van der Waals surface area contributed by atoms with Crippen molar-refractivity contribution in [1.29, 1.82) is 0 Å². The average molecular weight is 424 g/mol. The predicted molar refractivity (Wildman–Crippen MR) is 111 cm³/mol. The van der Waals surface area contributed by atoms with Gasteiger partial charge < -0.3 is 16.0 Å². The molecule has 136 valence electrons. The minimum atomic E-state index is -0.300. The molecule has 0 aliphatic rings. The normalized spacial score (nSPS) is 10.1. The highest BCUT2D eigenvalue weighted by Crippen LogP contribution is 2.19. The van der Waals surface area contributed by atoms with E-state index < -0.39 is 0 Å². The first-order valence-corrected chi connectivity index (χ1v) is 9.15. The van der Waals surface area contributed by atoms with Crippen molar-refractivity contribution in [3.05, 3.63) is 88.9 Å². The van der Waals surface area contributed by atoms with Gasteiger partial charge in [-0.25, -0.2) is 0 Å². The number of hydrogen-bond donors (Lipinski definition) is 3. The van der Waals surface area contributed by atoms with Gasteiger partial charge in [0.05, 0.1) is 6.54 Å². The quantitative estimate of drug-likeness (QED) is 0.543. The molecule has 0 spiro atoms. The second-order valence-corrected chi connectivity index (χ2v) is 6.73. The first-order chi connectivity index (χ1) is 13.1. The van der Waals surface area contributed by atoms with E-state index in [1.165, 1.54) is 0 Å². The van der Waals surface area contributed by atoms with Crippen molar-refractivity contribution in [2.24, 2.45) is 0 Å². The Kier molecular flexibility index (Phi) is 6.22. The summed E-state index contributed by atoms with van der Waals surface area (Å²) in [6.45, 7) is -0.109. The number of hydrogen-bond acceptors (Lipinski definition) is 3. The molecule has 0 aliphatic carbocycles. The molecule has 3 aromatic carbocycles. The summed E-state index contributed by atoms with van der Waals surface area (Å²) in [6, 6.07) is 24.1. The lowest BCUT2D eigenvalue weighted by atomic mass is 10.2. The van der Waals surface area contributed by atoms with Gasteiger partial charge >= 0.3 is 0 Å². The van der Waals surface area contributed by atoms with Crippen LogP contribution >= 0.6 is 15.9 Å². The van der Waals surface area contributed by atoms with Gasteiger partial charge in [-0.3, -0.25) is 9.59 Å². The Hall–Kier alpha value is -3.12. The summed E-state index contributed by atoms with van der Waals surface area (Å²) in [4.78, 5) is 24.2. The standard InChI is InChI=1S/C21H18BrN3O2/c22-16-7-4-6-15(12-16)21(27)23-14-20(26)25-19-11-5-10-18(13-19)24-17-8-2-1-3-9-17/h1-13,24H,14H2,(H,23,27)(H,25,26). The van der Waals surface area contributed by atoms with Gasteiger partial charge in [-0.2, -0.15) is 0 Å². The lowest BCUT2D eigenvalue weighted by Gasteiger charge is -2.10. The monoisotopic (exact) mass is 423 g/mol. The highest BCUT2D eigenvalue weighted by atomic mass is 79.9. The lowest BCUT2D eigenvalue weighted by molar-refractivity contribution is -0.115. The van der Waals surface area contributed by atoms with Crippen LogP contribution in [-0.2, 0) is 4.79 Å². The molecule has 2 amide bonds. The molecule has 5 nitrogen and oxygen atoms in total. The van der Waals surface area contributed by atoms with E-state index in [0.717, 1.165) is 15.8 Å². The van der Waals surface area contributed by atoms with E-state index >= 15 is 0 Å². The summed E-state index contributed by atoms with van der Waals surface area (Å²) in [6.07, 6.45) is 0. The van der Waals surface area contributed by atoms with Crippen molar-refractivity contribution < 1.29 is 9.59 Å². The number of nitrogens with one attached hydrogen (secondary N) is 3. The minimum Gasteiger partial charge on any atom is -0.355 e. The Labute approximate surface area is 165 Å². The van der Waals surface area contributed by atoms with Gasteiger partial charge in [0.15, 0.2) is 0 Å². The largest absolute Gasteiger partial charge is 0.355 e. The lowest BCUT2D eigenvalue weighted by Crippen LogP contribution is -2.32. The minimum absolute atomic E-state index is 0.109. The Morgan fingerprint density at radius 1 is 0.778 bits per heavy atom. The van der Waals surface area contributed by atoms with Gasteiger partial charge in [0.2, 0.25) is 5.91 Å². The van der Waals surface area contributed by atoms with Gasteiger partial charge in [0, 0.05) is 27.1 Å². The van der Waals surface area contributed by atoms with Crippen LogP contribution in [0.5, 0.6) is 0 Å². The number of halogens is 1.